The molecular formula is C18H12FN3OS. The molecule has 0 bridgehead atoms. The smallest absolute Gasteiger partial charge is 0.268 e. The van der Waals surface area contributed by atoms with E-state index in [0.717, 1.165) is 16.0 Å². The molecule has 3 heterocycles. The Hall–Kier alpha value is -2.86. The van der Waals surface area contributed by atoms with Crippen molar-refractivity contribution in [2.45, 2.75) is 6.42 Å². The number of benzene rings is 1. The number of pyridine rings is 1. The Balaban J connectivity index is 1.75. The molecule has 0 saturated heterocycles. The highest BCUT2D eigenvalue weighted by Crippen LogP contribution is 2.30. The molecule has 1 N–H and O–H groups in total. The van der Waals surface area contributed by atoms with Crippen molar-refractivity contribution in [2.75, 3.05) is 0 Å². The topological polar surface area (TPSA) is 58.6 Å². The summed E-state index contributed by atoms with van der Waals surface area (Å²) in [6.45, 7) is 0. The van der Waals surface area contributed by atoms with Crippen LogP contribution in [0.3, 0.4) is 0 Å². The molecule has 3 aromatic heterocycles. The van der Waals surface area contributed by atoms with Crippen LogP contribution in [-0.4, -0.2) is 15.0 Å². The molecule has 0 fully saturated rings. The van der Waals surface area contributed by atoms with E-state index in [1.165, 1.54) is 23.5 Å². The van der Waals surface area contributed by atoms with Crippen molar-refractivity contribution < 1.29 is 4.39 Å². The van der Waals surface area contributed by atoms with E-state index < -0.39 is 0 Å². The molecule has 0 saturated carbocycles. The van der Waals surface area contributed by atoms with Crippen molar-refractivity contribution in [3.8, 4) is 10.4 Å². The first-order valence-corrected chi connectivity index (χ1v) is 8.18. The highest BCUT2D eigenvalue weighted by Gasteiger charge is 2.11. The lowest BCUT2D eigenvalue weighted by Gasteiger charge is -2.00. The molecule has 0 amide bonds. The number of H-pyrrole nitrogens is 1. The van der Waals surface area contributed by atoms with Crippen LogP contribution < -0.4 is 5.56 Å². The number of nitrogens with zero attached hydrogens (tertiary/aromatic N) is 2. The maximum atomic E-state index is 13.1. The lowest BCUT2D eigenvalue weighted by Crippen LogP contribution is -2.10. The van der Waals surface area contributed by atoms with Gasteiger partial charge in [0.25, 0.3) is 5.56 Å². The van der Waals surface area contributed by atoms with Crippen molar-refractivity contribution in [3.05, 3.63) is 82.4 Å². The van der Waals surface area contributed by atoms with Gasteiger partial charge >= 0.3 is 0 Å². The van der Waals surface area contributed by atoms with E-state index in [2.05, 4.69) is 15.0 Å². The molecule has 4 aromatic rings. The number of halogens is 1. The van der Waals surface area contributed by atoms with E-state index in [-0.39, 0.29) is 11.4 Å². The molecule has 1 aromatic carbocycles. The first kappa shape index (κ1) is 14.7. The number of fused-ring (bicyclic) bond motifs is 1. The standard InChI is InChI=1S/C18H12FN3OS/c19-13-5-3-12(4-6-13)15-9-14-17(24-15)18(23)22-16(21-14)8-11-2-1-7-20-10-11/h1-7,9-10H,8H2,(H,21,22,23). The Labute approximate surface area is 140 Å². The highest BCUT2D eigenvalue weighted by atomic mass is 32.1. The molecule has 24 heavy (non-hydrogen) atoms. The number of thiophene rings is 1. The van der Waals surface area contributed by atoms with Crippen LogP contribution >= 0.6 is 11.3 Å². The molecule has 118 valence electrons. The summed E-state index contributed by atoms with van der Waals surface area (Å²) >= 11 is 1.36. The maximum absolute atomic E-state index is 13.1. The van der Waals surface area contributed by atoms with Crippen molar-refractivity contribution in [2.24, 2.45) is 0 Å². The van der Waals surface area contributed by atoms with Crippen LogP contribution in [0.4, 0.5) is 4.39 Å². The van der Waals surface area contributed by atoms with Gasteiger partial charge in [0, 0.05) is 23.7 Å². The summed E-state index contributed by atoms with van der Waals surface area (Å²) in [7, 11) is 0. The number of hydrogen-bond acceptors (Lipinski definition) is 4. The number of aromatic nitrogens is 3. The van der Waals surface area contributed by atoms with Gasteiger partial charge in [0.05, 0.1) is 5.52 Å². The van der Waals surface area contributed by atoms with E-state index in [9.17, 15) is 9.18 Å². The minimum Gasteiger partial charge on any atom is -0.309 e. The minimum atomic E-state index is -0.283. The molecule has 0 radical (unpaired) electrons. The summed E-state index contributed by atoms with van der Waals surface area (Å²) < 4.78 is 13.6. The lowest BCUT2D eigenvalue weighted by molar-refractivity contribution is 0.628. The Morgan fingerprint density at radius 3 is 2.75 bits per heavy atom. The van der Waals surface area contributed by atoms with Gasteiger partial charge in [-0.3, -0.25) is 9.78 Å². The van der Waals surface area contributed by atoms with E-state index in [1.807, 2.05) is 18.2 Å². The SMILES string of the molecule is O=c1[nH]c(Cc2cccnc2)nc2cc(-c3ccc(F)cc3)sc12. The average molecular weight is 337 g/mol. The fraction of sp³-hybridized carbons (Fsp3) is 0.0556. The second-order valence-electron chi connectivity index (χ2n) is 5.38. The minimum absolute atomic E-state index is 0.155. The molecule has 0 aliphatic heterocycles. The normalized spacial score (nSPS) is 11.0. The largest absolute Gasteiger partial charge is 0.309 e. The number of rotatable bonds is 3. The van der Waals surface area contributed by atoms with E-state index in [1.54, 1.807) is 24.5 Å². The van der Waals surface area contributed by atoms with Crippen LogP contribution in [0.5, 0.6) is 0 Å². The zero-order valence-corrected chi connectivity index (χ0v) is 13.3. The van der Waals surface area contributed by atoms with Crippen molar-refractivity contribution in [3.63, 3.8) is 0 Å². The number of nitrogens with one attached hydrogen (secondary N) is 1. The third-order valence-electron chi connectivity index (χ3n) is 3.66. The summed E-state index contributed by atoms with van der Waals surface area (Å²) in [4.78, 5) is 24.7. The first-order valence-electron chi connectivity index (χ1n) is 7.36. The highest BCUT2D eigenvalue weighted by molar-refractivity contribution is 7.22. The fourth-order valence-corrected chi connectivity index (χ4v) is 3.52. The summed E-state index contributed by atoms with van der Waals surface area (Å²) in [5.74, 6) is 0.318. The Morgan fingerprint density at radius 2 is 2.00 bits per heavy atom. The van der Waals surface area contributed by atoms with Gasteiger partial charge in [-0.2, -0.15) is 0 Å². The van der Waals surface area contributed by atoms with Crippen molar-refractivity contribution >= 4 is 21.6 Å². The zero-order valence-electron chi connectivity index (χ0n) is 12.5. The van der Waals surface area contributed by atoms with Crippen LogP contribution in [0.15, 0.2) is 59.7 Å². The Kier molecular flexibility index (Phi) is 3.66. The predicted molar refractivity (Wildman–Crippen MR) is 92.7 cm³/mol. The van der Waals surface area contributed by atoms with Crippen LogP contribution in [0.1, 0.15) is 11.4 Å². The molecule has 0 aliphatic carbocycles. The first-order chi connectivity index (χ1) is 11.7. The van der Waals surface area contributed by atoms with Gasteiger partial charge in [0.1, 0.15) is 16.3 Å². The predicted octanol–water partition coefficient (Wildman–Crippen LogP) is 3.78. The monoisotopic (exact) mass is 337 g/mol. The van der Waals surface area contributed by atoms with Crippen molar-refractivity contribution in [1.29, 1.82) is 0 Å². The summed E-state index contributed by atoms with van der Waals surface area (Å²) in [5, 5.41) is 0. The summed E-state index contributed by atoms with van der Waals surface area (Å²) in [5.41, 5.74) is 2.35. The maximum Gasteiger partial charge on any atom is 0.268 e. The van der Waals surface area contributed by atoms with Gasteiger partial charge < -0.3 is 4.98 Å². The molecule has 4 nitrogen and oxygen atoms in total. The second kappa shape index (κ2) is 5.98. The van der Waals surface area contributed by atoms with Gasteiger partial charge in [-0.05, 0) is 35.4 Å². The lowest BCUT2D eigenvalue weighted by atomic mass is 10.2. The number of hydrogen-bond donors (Lipinski definition) is 1. The molecule has 6 heteroatoms. The van der Waals surface area contributed by atoms with Crippen LogP contribution in [0.25, 0.3) is 20.7 Å². The second-order valence-corrected chi connectivity index (χ2v) is 6.43. The summed E-state index contributed by atoms with van der Waals surface area (Å²) in [6, 6.07) is 11.9. The van der Waals surface area contributed by atoms with Gasteiger partial charge in [-0.25, -0.2) is 9.37 Å². The van der Waals surface area contributed by atoms with Crippen LogP contribution in [0, 0.1) is 5.82 Å². The van der Waals surface area contributed by atoms with Gasteiger partial charge in [-0.15, -0.1) is 11.3 Å². The van der Waals surface area contributed by atoms with Crippen LogP contribution in [0.2, 0.25) is 0 Å². The average Bonchev–Trinajstić information content (AvgIpc) is 3.01. The molecule has 0 aliphatic rings. The summed E-state index contributed by atoms with van der Waals surface area (Å²) in [6.07, 6.45) is 3.97. The Morgan fingerprint density at radius 1 is 1.17 bits per heavy atom. The molecular weight excluding hydrogens is 325 g/mol. The third-order valence-corrected chi connectivity index (χ3v) is 4.83. The Bertz CT molecular complexity index is 1060. The van der Waals surface area contributed by atoms with Crippen LogP contribution in [-0.2, 0) is 6.42 Å². The van der Waals surface area contributed by atoms with Gasteiger partial charge in [0.2, 0.25) is 0 Å². The van der Waals surface area contributed by atoms with Crippen molar-refractivity contribution in [1.82, 2.24) is 15.0 Å². The molecule has 0 unspecified atom stereocenters. The molecule has 4 rings (SSSR count). The fourth-order valence-electron chi connectivity index (χ4n) is 2.52. The zero-order chi connectivity index (χ0) is 16.5. The van der Waals surface area contributed by atoms with E-state index in [4.69, 9.17) is 0 Å². The quantitative estimate of drug-likeness (QED) is 0.619. The van der Waals surface area contributed by atoms with Gasteiger partial charge in [-0.1, -0.05) is 18.2 Å². The molecule has 0 spiro atoms. The van der Waals surface area contributed by atoms with E-state index >= 15 is 0 Å². The molecule has 0 atom stereocenters. The van der Waals surface area contributed by atoms with Gasteiger partial charge in [0.15, 0.2) is 0 Å². The van der Waals surface area contributed by atoms with E-state index in [0.29, 0.717) is 22.5 Å². The third kappa shape index (κ3) is 2.83. The number of aromatic amines is 1.